The van der Waals surface area contributed by atoms with Gasteiger partial charge in [-0.2, -0.15) is 4.98 Å². The van der Waals surface area contributed by atoms with Crippen LogP contribution < -0.4 is 9.47 Å². The second kappa shape index (κ2) is 7.09. The highest BCUT2D eigenvalue weighted by molar-refractivity contribution is 5.43. The van der Waals surface area contributed by atoms with Crippen LogP contribution in [0.1, 0.15) is 17.4 Å². The lowest BCUT2D eigenvalue weighted by Crippen LogP contribution is -2.44. The third-order valence-electron chi connectivity index (χ3n) is 4.37. The lowest BCUT2D eigenvalue weighted by atomic mass is 9.99. The molecule has 3 heterocycles. The Morgan fingerprint density at radius 3 is 2.58 bits per heavy atom. The number of rotatable bonds is 6. The molecule has 134 valence electrons. The number of nitrogens with zero attached hydrogens (tertiary/aromatic N) is 5. The van der Waals surface area contributed by atoms with Crippen LogP contribution in [0.4, 0.5) is 0 Å². The van der Waals surface area contributed by atoms with E-state index in [9.17, 15) is 0 Å². The monoisotopic (exact) mass is 353 g/mol. The molecule has 0 spiro atoms. The molecule has 3 aromatic rings. The number of methoxy groups -OCH3 is 2. The zero-order valence-corrected chi connectivity index (χ0v) is 14.6. The van der Waals surface area contributed by atoms with E-state index >= 15 is 0 Å². The van der Waals surface area contributed by atoms with Gasteiger partial charge in [-0.25, -0.2) is 9.97 Å². The summed E-state index contributed by atoms with van der Waals surface area (Å²) in [4.78, 5) is 15.0. The third-order valence-corrected chi connectivity index (χ3v) is 4.37. The van der Waals surface area contributed by atoms with E-state index in [2.05, 4.69) is 25.0 Å². The Morgan fingerprint density at radius 1 is 1.08 bits per heavy atom. The summed E-state index contributed by atoms with van der Waals surface area (Å²) >= 11 is 0. The van der Waals surface area contributed by atoms with E-state index in [1.807, 2.05) is 18.2 Å². The summed E-state index contributed by atoms with van der Waals surface area (Å²) in [5.74, 6) is 3.25. The maximum absolute atomic E-state index is 5.38. The molecule has 1 fully saturated rings. The average Bonchev–Trinajstić information content (AvgIpc) is 3.14. The van der Waals surface area contributed by atoms with Gasteiger partial charge in [0.1, 0.15) is 0 Å². The normalized spacial score (nSPS) is 14.8. The first-order valence-electron chi connectivity index (χ1n) is 8.31. The van der Waals surface area contributed by atoms with E-state index in [4.69, 9.17) is 14.0 Å². The molecule has 8 nitrogen and oxygen atoms in total. The van der Waals surface area contributed by atoms with E-state index in [0.717, 1.165) is 31.1 Å². The van der Waals surface area contributed by atoms with Crippen molar-refractivity contribution in [3.05, 3.63) is 48.1 Å². The zero-order valence-electron chi connectivity index (χ0n) is 14.6. The molecular formula is C18H19N5O3. The molecule has 1 aromatic carbocycles. The molecule has 0 bridgehead atoms. The van der Waals surface area contributed by atoms with Crippen LogP contribution in [0.5, 0.6) is 11.5 Å². The van der Waals surface area contributed by atoms with Crippen molar-refractivity contribution in [1.82, 2.24) is 25.0 Å². The van der Waals surface area contributed by atoms with Crippen LogP contribution in [0.25, 0.3) is 11.6 Å². The first-order valence-corrected chi connectivity index (χ1v) is 8.31. The first kappa shape index (κ1) is 16.5. The largest absolute Gasteiger partial charge is 0.493 e. The van der Waals surface area contributed by atoms with Gasteiger partial charge in [0.2, 0.25) is 17.5 Å². The Kier molecular flexibility index (Phi) is 4.49. The van der Waals surface area contributed by atoms with E-state index in [-0.39, 0.29) is 5.92 Å². The minimum atomic E-state index is 0.236. The lowest BCUT2D eigenvalue weighted by Gasteiger charge is -2.37. The van der Waals surface area contributed by atoms with Gasteiger partial charge in [0.25, 0.3) is 0 Å². The van der Waals surface area contributed by atoms with E-state index in [1.54, 1.807) is 32.7 Å². The predicted octanol–water partition coefficient (Wildman–Crippen LogP) is 2.14. The van der Waals surface area contributed by atoms with Crippen LogP contribution in [0, 0.1) is 0 Å². The average molecular weight is 353 g/mol. The SMILES string of the molecule is COc1ccc(CN2CC(c3nc(-c4ncccn4)no3)C2)cc1OC. The molecule has 0 amide bonds. The molecular weight excluding hydrogens is 334 g/mol. The van der Waals surface area contributed by atoms with E-state index in [1.165, 1.54) is 5.56 Å². The molecule has 0 atom stereocenters. The van der Waals surface area contributed by atoms with E-state index < -0.39 is 0 Å². The topological polar surface area (TPSA) is 86.4 Å². The number of hydrogen-bond donors (Lipinski definition) is 0. The van der Waals surface area contributed by atoms with Gasteiger partial charge < -0.3 is 14.0 Å². The Labute approximate surface area is 150 Å². The minimum absolute atomic E-state index is 0.236. The number of likely N-dealkylation sites (tertiary alicyclic amines) is 1. The summed E-state index contributed by atoms with van der Waals surface area (Å²) in [6, 6.07) is 7.73. The molecule has 0 unspecified atom stereocenters. The van der Waals surface area contributed by atoms with Gasteiger partial charge in [-0.15, -0.1) is 0 Å². The Bertz CT molecular complexity index is 878. The summed E-state index contributed by atoms with van der Waals surface area (Å²) in [6.45, 7) is 2.57. The minimum Gasteiger partial charge on any atom is -0.493 e. The van der Waals surface area contributed by atoms with Crippen molar-refractivity contribution in [3.8, 4) is 23.1 Å². The molecule has 0 N–H and O–H groups in total. The summed E-state index contributed by atoms with van der Waals surface area (Å²) in [6.07, 6.45) is 3.32. The van der Waals surface area contributed by atoms with Crippen molar-refractivity contribution >= 4 is 0 Å². The van der Waals surface area contributed by atoms with Gasteiger partial charge >= 0.3 is 0 Å². The summed E-state index contributed by atoms with van der Waals surface area (Å²) in [5.41, 5.74) is 1.17. The highest BCUT2D eigenvalue weighted by Crippen LogP contribution is 2.31. The highest BCUT2D eigenvalue weighted by Gasteiger charge is 2.32. The van der Waals surface area contributed by atoms with Crippen molar-refractivity contribution in [2.45, 2.75) is 12.5 Å². The lowest BCUT2D eigenvalue weighted by molar-refractivity contribution is 0.117. The summed E-state index contributed by atoms with van der Waals surface area (Å²) in [7, 11) is 3.28. The third kappa shape index (κ3) is 3.23. The fourth-order valence-electron chi connectivity index (χ4n) is 3.00. The van der Waals surface area contributed by atoms with Crippen molar-refractivity contribution in [2.24, 2.45) is 0 Å². The second-order valence-electron chi connectivity index (χ2n) is 6.11. The van der Waals surface area contributed by atoms with Crippen molar-refractivity contribution in [2.75, 3.05) is 27.3 Å². The molecule has 0 aliphatic carbocycles. The van der Waals surface area contributed by atoms with Crippen LogP contribution in [-0.4, -0.2) is 52.3 Å². The second-order valence-corrected chi connectivity index (χ2v) is 6.11. The van der Waals surface area contributed by atoms with E-state index in [0.29, 0.717) is 17.5 Å². The number of benzene rings is 1. The zero-order chi connectivity index (χ0) is 17.9. The Morgan fingerprint density at radius 2 is 1.85 bits per heavy atom. The van der Waals surface area contributed by atoms with Gasteiger partial charge in [0.15, 0.2) is 11.5 Å². The van der Waals surface area contributed by atoms with Gasteiger partial charge in [-0.1, -0.05) is 11.2 Å². The van der Waals surface area contributed by atoms with Gasteiger partial charge in [-0.3, -0.25) is 4.90 Å². The molecule has 4 rings (SSSR count). The molecule has 26 heavy (non-hydrogen) atoms. The number of hydrogen-bond acceptors (Lipinski definition) is 8. The summed E-state index contributed by atoms with van der Waals surface area (Å²) in [5, 5.41) is 3.98. The van der Waals surface area contributed by atoms with Crippen LogP contribution in [0.2, 0.25) is 0 Å². The predicted molar refractivity (Wildman–Crippen MR) is 92.9 cm³/mol. The maximum Gasteiger partial charge on any atom is 0.240 e. The van der Waals surface area contributed by atoms with Crippen LogP contribution in [0.3, 0.4) is 0 Å². The number of aromatic nitrogens is 4. The van der Waals surface area contributed by atoms with Crippen molar-refractivity contribution in [1.29, 1.82) is 0 Å². The van der Waals surface area contributed by atoms with Gasteiger partial charge in [0.05, 0.1) is 20.1 Å². The molecule has 1 aliphatic rings. The molecule has 1 saturated heterocycles. The smallest absolute Gasteiger partial charge is 0.240 e. The molecule has 0 saturated carbocycles. The molecule has 1 aliphatic heterocycles. The van der Waals surface area contributed by atoms with Crippen LogP contribution in [-0.2, 0) is 6.54 Å². The number of ether oxygens (including phenoxy) is 2. The molecule has 2 aromatic heterocycles. The maximum atomic E-state index is 5.38. The van der Waals surface area contributed by atoms with Crippen molar-refractivity contribution in [3.63, 3.8) is 0 Å². The summed E-state index contributed by atoms with van der Waals surface area (Å²) < 4.78 is 16.0. The Hall–Kier alpha value is -3.00. The Balaban J connectivity index is 1.37. The quantitative estimate of drug-likeness (QED) is 0.666. The van der Waals surface area contributed by atoms with Gasteiger partial charge in [0, 0.05) is 32.0 Å². The van der Waals surface area contributed by atoms with Crippen LogP contribution in [0.15, 0.2) is 41.2 Å². The fourth-order valence-corrected chi connectivity index (χ4v) is 3.00. The standard InChI is InChI=1S/C18H19N5O3/c1-24-14-5-4-12(8-15(14)25-2)9-23-10-13(11-23)18-21-17(22-26-18)16-19-6-3-7-20-16/h3-8,13H,9-11H2,1-2H3. The van der Waals surface area contributed by atoms with Crippen molar-refractivity contribution < 1.29 is 14.0 Å². The van der Waals surface area contributed by atoms with Gasteiger partial charge in [-0.05, 0) is 23.8 Å². The van der Waals surface area contributed by atoms with Crippen LogP contribution >= 0.6 is 0 Å². The fraction of sp³-hybridized carbons (Fsp3) is 0.333. The first-order chi connectivity index (χ1) is 12.8. The highest BCUT2D eigenvalue weighted by atomic mass is 16.5. The molecule has 8 heteroatoms. The molecule has 0 radical (unpaired) electrons.